The molecule has 2 unspecified atom stereocenters. The van der Waals surface area contributed by atoms with Crippen LogP contribution in [0.3, 0.4) is 0 Å². The molecule has 1 N–H and O–H groups in total. The number of hydrogen-bond donors (Lipinski definition) is 1. The maximum atomic E-state index is 12.5. The van der Waals surface area contributed by atoms with E-state index in [1.54, 1.807) is 4.90 Å². The van der Waals surface area contributed by atoms with Gasteiger partial charge in [-0.25, -0.2) is 8.42 Å². The molecule has 24 heavy (non-hydrogen) atoms. The van der Waals surface area contributed by atoms with Gasteiger partial charge in [-0.3, -0.25) is 4.79 Å². The Morgan fingerprint density at radius 2 is 1.75 bits per heavy atom. The molecule has 1 aromatic rings. The van der Waals surface area contributed by atoms with Gasteiger partial charge in [0.25, 0.3) is 5.91 Å². The molecule has 2 aliphatic rings. The van der Waals surface area contributed by atoms with Crippen molar-refractivity contribution in [3.05, 3.63) is 29.8 Å². The quantitative estimate of drug-likeness (QED) is 0.871. The van der Waals surface area contributed by atoms with Crippen molar-refractivity contribution in [1.82, 2.24) is 10.2 Å². The van der Waals surface area contributed by atoms with E-state index in [0.717, 1.165) is 31.4 Å². The summed E-state index contributed by atoms with van der Waals surface area (Å²) in [7, 11) is -4.63. The first-order chi connectivity index (χ1) is 10.9. The number of amides is 1. The van der Waals surface area contributed by atoms with Crippen molar-refractivity contribution >= 4 is 28.2 Å². The zero-order chi connectivity index (χ0) is 16.6. The standard InChI is InChI=1S/C15H18F2N2O3S.ClH/c16-15(17)23(21,22)13-5-1-10(2-6-13)14(20)19-8-7-11-3-4-12(9-19)18-11;/h1-2,5-6,11-12,15,18H,3-4,7-9H2;1H. The highest BCUT2D eigenvalue weighted by molar-refractivity contribution is 7.91. The third kappa shape index (κ3) is 3.70. The van der Waals surface area contributed by atoms with Gasteiger partial charge in [0.2, 0.25) is 9.84 Å². The second-order valence-electron chi connectivity index (χ2n) is 6.01. The lowest BCUT2D eigenvalue weighted by molar-refractivity contribution is 0.0748. The number of alkyl halides is 2. The fourth-order valence-electron chi connectivity index (χ4n) is 3.20. The van der Waals surface area contributed by atoms with E-state index < -0.39 is 20.5 Å². The van der Waals surface area contributed by atoms with Gasteiger partial charge >= 0.3 is 5.76 Å². The average Bonchev–Trinajstić information content (AvgIpc) is 2.86. The van der Waals surface area contributed by atoms with Crippen molar-refractivity contribution in [3.8, 4) is 0 Å². The smallest absolute Gasteiger partial charge is 0.337 e. The molecule has 3 rings (SSSR count). The van der Waals surface area contributed by atoms with Gasteiger partial charge in [-0.15, -0.1) is 12.4 Å². The van der Waals surface area contributed by atoms with Crippen LogP contribution in [0.25, 0.3) is 0 Å². The minimum absolute atomic E-state index is 0. The van der Waals surface area contributed by atoms with Crippen LogP contribution in [-0.4, -0.2) is 50.2 Å². The number of hydrogen-bond acceptors (Lipinski definition) is 4. The summed E-state index contributed by atoms with van der Waals surface area (Å²) in [6, 6.07) is 5.48. The second-order valence-corrected chi connectivity index (χ2v) is 7.93. The monoisotopic (exact) mass is 380 g/mol. The Morgan fingerprint density at radius 3 is 2.38 bits per heavy atom. The van der Waals surface area contributed by atoms with E-state index in [2.05, 4.69) is 5.32 Å². The number of halogens is 3. The summed E-state index contributed by atoms with van der Waals surface area (Å²) in [6.07, 6.45) is 3.06. The van der Waals surface area contributed by atoms with E-state index in [4.69, 9.17) is 0 Å². The third-order valence-corrected chi connectivity index (χ3v) is 5.87. The minimum atomic E-state index is -4.63. The van der Waals surface area contributed by atoms with E-state index in [1.165, 1.54) is 12.1 Å². The average molecular weight is 381 g/mol. The van der Waals surface area contributed by atoms with E-state index in [-0.39, 0.29) is 18.3 Å². The molecular formula is C15H19ClF2N2O3S. The first-order valence-corrected chi connectivity index (χ1v) is 9.10. The van der Waals surface area contributed by atoms with Crippen LogP contribution in [0.4, 0.5) is 8.78 Å². The van der Waals surface area contributed by atoms with Crippen molar-refractivity contribution in [3.63, 3.8) is 0 Å². The molecule has 9 heteroatoms. The lowest BCUT2D eigenvalue weighted by Crippen LogP contribution is -2.39. The molecule has 2 heterocycles. The van der Waals surface area contributed by atoms with Crippen LogP contribution in [0.5, 0.6) is 0 Å². The van der Waals surface area contributed by atoms with Crippen LogP contribution in [0.15, 0.2) is 29.2 Å². The van der Waals surface area contributed by atoms with E-state index in [0.29, 0.717) is 30.7 Å². The lowest BCUT2D eigenvalue weighted by atomic mass is 10.1. The molecule has 2 atom stereocenters. The van der Waals surface area contributed by atoms with E-state index >= 15 is 0 Å². The number of likely N-dealkylation sites (tertiary alicyclic amines) is 1. The number of nitrogens with zero attached hydrogens (tertiary/aromatic N) is 1. The number of benzene rings is 1. The molecule has 2 bridgehead atoms. The molecule has 1 amide bonds. The van der Waals surface area contributed by atoms with Gasteiger partial charge in [0.15, 0.2) is 0 Å². The normalized spacial score (nSPS) is 23.7. The molecule has 2 fully saturated rings. The Bertz CT molecular complexity index is 697. The van der Waals surface area contributed by atoms with Crippen LogP contribution >= 0.6 is 12.4 Å². The molecule has 134 valence electrons. The van der Waals surface area contributed by atoms with Gasteiger partial charge in [0, 0.05) is 30.7 Å². The van der Waals surface area contributed by atoms with E-state index in [1.807, 2.05) is 0 Å². The fraction of sp³-hybridized carbons (Fsp3) is 0.533. The first kappa shape index (κ1) is 19.1. The first-order valence-electron chi connectivity index (χ1n) is 7.55. The van der Waals surface area contributed by atoms with Crippen molar-refractivity contribution in [1.29, 1.82) is 0 Å². The summed E-state index contributed by atoms with van der Waals surface area (Å²) >= 11 is 0. The molecule has 1 aromatic carbocycles. The largest absolute Gasteiger partial charge is 0.341 e. The molecule has 0 aliphatic carbocycles. The highest BCUT2D eigenvalue weighted by Crippen LogP contribution is 2.23. The van der Waals surface area contributed by atoms with Crippen LogP contribution < -0.4 is 5.32 Å². The van der Waals surface area contributed by atoms with Crippen molar-refractivity contribution < 1.29 is 22.0 Å². The van der Waals surface area contributed by atoms with Crippen LogP contribution in [0.1, 0.15) is 29.6 Å². The maximum absolute atomic E-state index is 12.5. The van der Waals surface area contributed by atoms with Gasteiger partial charge in [-0.05, 0) is 43.5 Å². The number of rotatable bonds is 3. The predicted octanol–water partition coefficient (Wildman–Crippen LogP) is 2.07. The van der Waals surface area contributed by atoms with Gasteiger partial charge in [-0.2, -0.15) is 8.78 Å². The topological polar surface area (TPSA) is 66.5 Å². The summed E-state index contributed by atoms with van der Waals surface area (Å²) < 4.78 is 47.8. The maximum Gasteiger partial charge on any atom is 0.341 e. The summed E-state index contributed by atoms with van der Waals surface area (Å²) in [4.78, 5) is 13.8. The molecule has 0 saturated carbocycles. The number of fused-ring (bicyclic) bond motifs is 2. The molecule has 2 saturated heterocycles. The van der Waals surface area contributed by atoms with Crippen molar-refractivity contribution in [2.45, 2.75) is 42.0 Å². The lowest BCUT2D eigenvalue weighted by Gasteiger charge is -2.24. The Hall–Kier alpha value is -1.25. The second kappa shape index (κ2) is 7.33. The van der Waals surface area contributed by atoms with Crippen molar-refractivity contribution in [2.75, 3.05) is 13.1 Å². The van der Waals surface area contributed by atoms with Crippen molar-refractivity contribution in [2.24, 2.45) is 0 Å². The Kier molecular flexibility index (Phi) is 5.83. The number of nitrogens with one attached hydrogen (secondary N) is 1. The Morgan fingerprint density at radius 1 is 1.12 bits per heavy atom. The highest BCUT2D eigenvalue weighted by atomic mass is 35.5. The zero-order valence-electron chi connectivity index (χ0n) is 12.8. The Balaban J connectivity index is 0.00000208. The van der Waals surface area contributed by atoms with E-state index in [9.17, 15) is 22.0 Å². The summed E-state index contributed by atoms with van der Waals surface area (Å²) in [5, 5.41) is 3.47. The zero-order valence-corrected chi connectivity index (χ0v) is 14.5. The molecular weight excluding hydrogens is 362 g/mol. The SMILES string of the molecule is Cl.O=C(c1ccc(S(=O)(=O)C(F)F)cc1)N1CCC2CCC(C1)N2. The predicted molar refractivity (Wildman–Crippen MR) is 87.3 cm³/mol. The number of sulfone groups is 1. The van der Waals surface area contributed by atoms with Crippen LogP contribution in [0, 0.1) is 0 Å². The third-order valence-electron chi connectivity index (χ3n) is 4.47. The van der Waals surface area contributed by atoms with Gasteiger partial charge in [0.05, 0.1) is 4.90 Å². The van der Waals surface area contributed by atoms with Gasteiger partial charge < -0.3 is 10.2 Å². The molecule has 0 spiro atoms. The number of carbonyl (C=O) groups is 1. The number of carbonyl (C=O) groups excluding carboxylic acids is 1. The Labute approximate surface area is 145 Å². The minimum Gasteiger partial charge on any atom is -0.337 e. The molecule has 0 aromatic heterocycles. The van der Waals surface area contributed by atoms with Crippen LogP contribution in [0.2, 0.25) is 0 Å². The molecule has 2 aliphatic heterocycles. The van der Waals surface area contributed by atoms with Gasteiger partial charge in [0.1, 0.15) is 0 Å². The summed E-state index contributed by atoms with van der Waals surface area (Å²) in [5.74, 6) is -3.66. The summed E-state index contributed by atoms with van der Waals surface area (Å²) in [5.41, 5.74) is 0.316. The highest BCUT2D eigenvalue weighted by Gasteiger charge is 2.32. The fourth-order valence-corrected chi connectivity index (χ4v) is 3.92. The molecule has 5 nitrogen and oxygen atoms in total. The molecule has 0 radical (unpaired) electrons. The summed E-state index contributed by atoms with van der Waals surface area (Å²) in [6.45, 7) is 1.26. The van der Waals surface area contributed by atoms with Gasteiger partial charge in [-0.1, -0.05) is 0 Å². The van der Waals surface area contributed by atoms with Crippen LogP contribution in [-0.2, 0) is 9.84 Å².